The number of ether oxygens (including phenoxy) is 2. The molecule has 0 aliphatic carbocycles. The third-order valence-corrected chi connectivity index (χ3v) is 9.46. The number of nitrogens with two attached hydrogens (primary N) is 1. The number of carbonyl (C=O) groups excluding carboxylic acids is 2. The molecule has 0 saturated heterocycles. The molecule has 0 spiro atoms. The summed E-state index contributed by atoms with van der Waals surface area (Å²) in [5.41, 5.74) is 6.08. The Labute approximate surface area is 307 Å². The number of allylic oxidation sites excluding steroid dienone is 7. The van der Waals surface area contributed by atoms with E-state index < -0.39 is 48.0 Å². The summed E-state index contributed by atoms with van der Waals surface area (Å²) in [4.78, 5) is 35.8. The molecule has 0 radical (unpaired) electrons. The molecule has 288 valence electrons. The van der Waals surface area contributed by atoms with E-state index in [9.17, 15) is 24.6 Å². The Balaban J connectivity index is 4.62. The molecule has 50 heavy (non-hydrogen) atoms. The predicted molar refractivity (Wildman–Crippen MR) is 206 cm³/mol. The minimum atomic E-state index is -1.01. The minimum absolute atomic E-state index is 0.0445. The van der Waals surface area contributed by atoms with Gasteiger partial charge in [-0.05, 0) is 44.4 Å². The van der Waals surface area contributed by atoms with Gasteiger partial charge in [-0.2, -0.15) is 0 Å². The largest absolute Gasteiger partial charge is 0.481 e. The topological polar surface area (TPSA) is 156 Å². The van der Waals surface area contributed by atoms with Crippen LogP contribution in [0.15, 0.2) is 48.6 Å². The highest BCUT2D eigenvalue weighted by atomic mass is 32.2. The lowest BCUT2D eigenvalue weighted by molar-refractivity contribution is -0.161. The van der Waals surface area contributed by atoms with Gasteiger partial charge in [0, 0.05) is 23.8 Å². The second kappa shape index (κ2) is 33.7. The zero-order chi connectivity index (χ0) is 37.2. The van der Waals surface area contributed by atoms with Crippen molar-refractivity contribution in [3.05, 3.63) is 48.6 Å². The number of hydrogen-bond acceptors (Lipinski definition) is 9. The van der Waals surface area contributed by atoms with Crippen LogP contribution < -0.4 is 5.73 Å². The molecule has 4 atom stereocenters. The van der Waals surface area contributed by atoms with Gasteiger partial charge in [0.2, 0.25) is 0 Å². The van der Waals surface area contributed by atoms with Crippen molar-refractivity contribution >= 4 is 29.7 Å². The molecule has 0 saturated carbocycles. The van der Waals surface area contributed by atoms with Crippen molar-refractivity contribution in [3.63, 3.8) is 0 Å². The third-order valence-electron chi connectivity index (χ3n) is 8.05. The standard InChI is InChI=1S/C40H69NO8S/c1-4-5-6-7-8-9-10-11-12-16-19-22-27-37(36(43)26-24-28-38(44)45)50-32-35(41)40(47)48-31-34(30-42)49-39(46)29-23-20-17-14-13-15-18-21-25-33(2)3/h8-9,11-12,16,19,22,27,33-37,42-43H,4-7,10,13-15,17-18,20-21,23-26,28-32,41H2,1-3H3,(H,44,45)/b9-8-,12-11-,19-16+,27-22+/t34-,35-,36-,37+/m0/s1. The highest BCUT2D eigenvalue weighted by molar-refractivity contribution is 8.00. The fourth-order valence-corrected chi connectivity index (χ4v) is 6.13. The summed E-state index contributed by atoms with van der Waals surface area (Å²) in [6.07, 6.45) is 30.6. The SMILES string of the molecule is CCCCC/C=C\C\C=C/C=C/C=C/[C@@H](SC[C@H](N)C(=O)OC[C@H](CO)OC(=O)CCCCCCCCCCC(C)C)[C@@H](O)CCCC(=O)O. The van der Waals surface area contributed by atoms with Crippen LogP contribution in [0.1, 0.15) is 136 Å². The number of carboxylic acids is 1. The lowest BCUT2D eigenvalue weighted by Crippen LogP contribution is -2.38. The Morgan fingerprint density at radius 1 is 0.800 bits per heavy atom. The number of aliphatic hydroxyl groups is 2. The van der Waals surface area contributed by atoms with Gasteiger partial charge in [-0.25, -0.2) is 0 Å². The number of aliphatic hydroxyl groups excluding tert-OH is 2. The maximum absolute atomic E-state index is 12.6. The van der Waals surface area contributed by atoms with Crippen LogP contribution in [-0.4, -0.2) is 75.7 Å². The van der Waals surface area contributed by atoms with E-state index >= 15 is 0 Å². The molecule has 10 heteroatoms. The smallest absolute Gasteiger partial charge is 0.323 e. The van der Waals surface area contributed by atoms with Crippen molar-refractivity contribution in [2.24, 2.45) is 11.7 Å². The summed E-state index contributed by atoms with van der Waals surface area (Å²) < 4.78 is 10.6. The van der Waals surface area contributed by atoms with Crippen molar-refractivity contribution in [2.45, 2.75) is 160 Å². The monoisotopic (exact) mass is 723 g/mol. The predicted octanol–water partition coefficient (Wildman–Crippen LogP) is 8.23. The van der Waals surface area contributed by atoms with Gasteiger partial charge in [-0.15, -0.1) is 11.8 Å². The summed E-state index contributed by atoms with van der Waals surface area (Å²) in [5.74, 6) is -1.15. The Hall–Kier alpha value is -2.40. The van der Waals surface area contributed by atoms with Crippen molar-refractivity contribution < 1.29 is 39.2 Å². The van der Waals surface area contributed by atoms with Gasteiger partial charge in [-0.3, -0.25) is 14.4 Å². The second-order valence-electron chi connectivity index (χ2n) is 13.3. The van der Waals surface area contributed by atoms with Gasteiger partial charge >= 0.3 is 17.9 Å². The average molecular weight is 724 g/mol. The molecule has 0 fully saturated rings. The molecule has 0 bridgehead atoms. The first kappa shape index (κ1) is 47.6. The maximum atomic E-state index is 12.6. The van der Waals surface area contributed by atoms with E-state index in [1.165, 1.54) is 63.1 Å². The molecule has 5 N–H and O–H groups in total. The Bertz CT molecular complexity index is 980. The summed E-state index contributed by atoms with van der Waals surface area (Å²) in [7, 11) is 0. The van der Waals surface area contributed by atoms with Crippen LogP contribution in [0.2, 0.25) is 0 Å². The zero-order valence-electron chi connectivity index (χ0n) is 31.2. The number of rotatable bonds is 33. The molecule has 0 amide bonds. The number of esters is 2. The average Bonchev–Trinajstić information content (AvgIpc) is 3.08. The van der Waals surface area contributed by atoms with Crippen molar-refractivity contribution in [1.29, 1.82) is 0 Å². The molecule has 0 aromatic rings. The highest BCUT2D eigenvalue weighted by Gasteiger charge is 2.23. The number of carboxylic acid groups (broad SMARTS) is 1. The third kappa shape index (κ3) is 30.4. The van der Waals surface area contributed by atoms with Gasteiger partial charge in [0.25, 0.3) is 0 Å². The summed E-state index contributed by atoms with van der Waals surface area (Å²) in [6.45, 7) is 5.92. The van der Waals surface area contributed by atoms with Gasteiger partial charge in [0.1, 0.15) is 12.6 Å². The molecule has 0 aliphatic rings. The van der Waals surface area contributed by atoms with E-state index in [-0.39, 0.29) is 31.6 Å². The molecule has 0 rings (SSSR count). The van der Waals surface area contributed by atoms with Crippen molar-refractivity contribution in [3.8, 4) is 0 Å². The Morgan fingerprint density at radius 3 is 2.14 bits per heavy atom. The number of aliphatic carboxylic acids is 1. The van der Waals surface area contributed by atoms with E-state index in [2.05, 4.69) is 39.0 Å². The molecule has 0 unspecified atom stereocenters. The summed E-state index contributed by atoms with van der Waals surface area (Å²) in [5, 5.41) is 28.9. The number of thioether (sulfide) groups is 1. The molecule has 0 aromatic heterocycles. The Kier molecular flexibility index (Phi) is 32.1. The molecule has 9 nitrogen and oxygen atoms in total. The summed E-state index contributed by atoms with van der Waals surface area (Å²) in [6, 6.07) is -1.01. The van der Waals surface area contributed by atoms with Gasteiger partial charge < -0.3 is 30.5 Å². The van der Waals surface area contributed by atoms with Crippen LogP contribution in [0.5, 0.6) is 0 Å². The fraction of sp³-hybridized carbons (Fsp3) is 0.725. The lowest BCUT2D eigenvalue weighted by Gasteiger charge is -2.21. The van der Waals surface area contributed by atoms with Gasteiger partial charge in [0.15, 0.2) is 6.10 Å². The van der Waals surface area contributed by atoms with E-state index in [1.54, 1.807) is 0 Å². The van der Waals surface area contributed by atoms with E-state index in [4.69, 9.17) is 20.3 Å². The molecular weight excluding hydrogens is 655 g/mol. The fourth-order valence-electron chi connectivity index (χ4n) is 5.00. The number of hydrogen-bond donors (Lipinski definition) is 4. The van der Waals surface area contributed by atoms with E-state index in [1.807, 2.05) is 30.4 Å². The molecular formula is C40H69NO8S. The van der Waals surface area contributed by atoms with Crippen LogP contribution in [0.25, 0.3) is 0 Å². The normalized spacial score (nSPS) is 14.6. The van der Waals surface area contributed by atoms with Crippen LogP contribution in [0.4, 0.5) is 0 Å². The number of carbonyl (C=O) groups is 3. The van der Waals surface area contributed by atoms with Gasteiger partial charge in [-0.1, -0.05) is 134 Å². The first-order valence-electron chi connectivity index (χ1n) is 19.0. The van der Waals surface area contributed by atoms with Gasteiger partial charge in [0.05, 0.1) is 12.7 Å². The maximum Gasteiger partial charge on any atom is 0.323 e. The quantitative estimate of drug-likeness (QED) is 0.0225. The first-order valence-corrected chi connectivity index (χ1v) is 20.0. The van der Waals surface area contributed by atoms with Crippen LogP contribution in [-0.2, 0) is 23.9 Å². The zero-order valence-corrected chi connectivity index (χ0v) is 32.0. The van der Waals surface area contributed by atoms with Crippen molar-refractivity contribution in [2.75, 3.05) is 19.0 Å². The lowest BCUT2D eigenvalue weighted by atomic mass is 10.0. The molecule has 0 heterocycles. The molecule has 0 aromatic carbocycles. The summed E-state index contributed by atoms with van der Waals surface area (Å²) >= 11 is 1.27. The van der Waals surface area contributed by atoms with Crippen LogP contribution in [0, 0.1) is 5.92 Å². The Morgan fingerprint density at radius 2 is 1.48 bits per heavy atom. The van der Waals surface area contributed by atoms with Crippen LogP contribution in [0.3, 0.4) is 0 Å². The molecule has 0 aliphatic heterocycles. The second-order valence-corrected chi connectivity index (χ2v) is 14.6. The van der Waals surface area contributed by atoms with Crippen LogP contribution >= 0.6 is 11.8 Å². The highest BCUT2D eigenvalue weighted by Crippen LogP contribution is 2.22. The first-order chi connectivity index (χ1) is 24.1. The van der Waals surface area contributed by atoms with E-state index in [0.717, 1.165) is 38.0 Å². The number of unbranched alkanes of at least 4 members (excludes halogenated alkanes) is 10. The van der Waals surface area contributed by atoms with E-state index in [0.29, 0.717) is 12.8 Å². The minimum Gasteiger partial charge on any atom is -0.481 e. The van der Waals surface area contributed by atoms with Crippen molar-refractivity contribution in [1.82, 2.24) is 0 Å².